The van der Waals surface area contributed by atoms with E-state index in [0.29, 0.717) is 28.8 Å². The molecule has 0 radical (unpaired) electrons. The number of hydrogen-bond donors (Lipinski definition) is 1. The predicted octanol–water partition coefficient (Wildman–Crippen LogP) is 4.33. The number of halogens is 1. The lowest BCUT2D eigenvalue weighted by atomic mass is 10.2. The molecule has 3 aromatic rings. The molecule has 0 aliphatic carbocycles. The van der Waals surface area contributed by atoms with Crippen LogP contribution in [0.4, 0.5) is 5.69 Å². The van der Waals surface area contributed by atoms with Crippen molar-refractivity contribution in [1.82, 2.24) is 10.1 Å². The SMILES string of the molecule is Cc1c(Cl)cccc1NC(=O)CCc1nc(-c2cccs2)no1. The molecule has 0 saturated carbocycles. The summed E-state index contributed by atoms with van der Waals surface area (Å²) in [5, 5.41) is 9.34. The molecule has 7 heteroatoms. The van der Waals surface area contributed by atoms with Gasteiger partial charge in [-0.05, 0) is 36.1 Å². The molecule has 118 valence electrons. The van der Waals surface area contributed by atoms with Gasteiger partial charge in [0, 0.05) is 23.6 Å². The highest BCUT2D eigenvalue weighted by Crippen LogP contribution is 2.23. The number of hydrogen-bond acceptors (Lipinski definition) is 5. The highest BCUT2D eigenvalue weighted by Gasteiger charge is 2.12. The number of carbonyl (C=O) groups is 1. The maximum atomic E-state index is 12.0. The quantitative estimate of drug-likeness (QED) is 0.745. The summed E-state index contributed by atoms with van der Waals surface area (Å²) < 4.78 is 5.18. The van der Waals surface area contributed by atoms with Crippen molar-refractivity contribution in [2.75, 3.05) is 5.32 Å². The molecule has 1 aromatic carbocycles. The summed E-state index contributed by atoms with van der Waals surface area (Å²) >= 11 is 7.58. The molecule has 23 heavy (non-hydrogen) atoms. The summed E-state index contributed by atoms with van der Waals surface area (Å²) in [6.45, 7) is 1.86. The first-order chi connectivity index (χ1) is 11.1. The predicted molar refractivity (Wildman–Crippen MR) is 90.8 cm³/mol. The zero-order valence-electron chi connectivity index (χ0n) is 12.4. The Kier molecular flexibility index (Phi) is 4.73. The number of amides is 1. The van der Waals surface area contributed by atoms with Crippen molar-refractivity contribution in [1.29, 1.82) is 0 Å². The van der Waals surface area contributed by atoms with Gasteiger partial charge >= 0.3 is 0 Å². The average molecular weight is 348 g/mol. The van der Waals surface area contributed by atoms with Crippen LogP contribution in [0.25, 0.3) is 10.7 Å². The summed E-state index contributed by atoms with van der Waals surface area (Å²) in [5.74, 6) is 0.888. The molecule has 0 unspecified atom stereocenters. The van der Waals surface area contributed by atoms with E-state index < -0.39 is 0 Å². The normalized spacial score (nSPS) is 10.7. The molecule has 1 N–H and O–H groups in total. The minimum absolute atomic E-state index is 0.119. The summed E-state index contributed by atoms with van der Waals surface area (Å²) in [7, 11) is 0. The van der Waals surface area contributed by atoms with Gasteiger partial charge in [0.05, 0.1) is 4.88 Å². The molecule has 0 atom stereocenters. The zero-order valence-corrected chi connectivity index (χ0v) is 13.9. The number of aromatic nitrogens is 2. The van der Waals surface area contributed by atoms with E-state index in [1.807, 2.05) is 30.5 Å². The van der Waals surface area contributed by atoms with E-state index in [1.54, 1.807) is 23.5 Å². The molecular formula is C16H14ClN3O2S. The molecule has 0 spiro atoms. The number of rotatable bonds is 5. The van der Waals surface area contributed by atoms with Gasteiger partial charge in [0.25, 0.3) is 0 Å². The van der Waals surface area contributed by atoms with Gasteiger partial charge < -0.3 is 9.84 Å². The van der Waals surface area contributed by atoms with Gasteiger partial charge in [0.1, 0.15) is 0 Å². The van der Waals surface area contributed by atoms with E-state index in [9.17, 15) is 4.79 Å². The monoisotopic (exact) mass is 347 g/mol. The van der Waals surface area contributed by atoms with Crippen molar-refractivity contribution in [2.24, 2.45) is 0 Å². The van der Waals surface area contributed by atoms with Gasteiger partial charge in [-0.3, -0.25) is 4.79 Å². The number of benzene rings is 1. The highest BCUT2D eigenvalue weighted by atomic mass is 35.5. The largest absolute Gasteiger partial charge is 0.339 e. The minimum Gasteiger partial charge on any atom is -0.339 e. The summed E-state index contributed by atoms with van der Waals surface area (Å²) in [5.41, 5.74) is 1.56. The van der Waals surface area contributed by atoms with Crippen LogP contribution in [0.1, 0.15) is 17.9 Å². The summed E-state index contributed by atoms with van der Waals surface area (Å²) in [6.07, 6.45) is 0.655. The lowest BCUT2D eigenvalue weighted by Gasteiger charge is -2.08. The molecule has 5 nitrogen and oxygen atoms in total. The van der Waals surface area contributed by atoms with Crippen molar-refractivity contribution < 1.29 is 9.32 Å². The first-order valence-electron chi connectivity index (χ1n) is 7.05. The molecular weight excluding hydrogens is 334 g/mol. The second-order valence-corrected chi connectivity index (χ2v) is 6.30. The van der Waals surface area contributed by atoms with Crippen LogP contribution < -0.4 is 5.32 Å². The fourth-order valence-corrected chi connectivity index (χ4v) is 2.86. The maximum Gasteiger partial charge on any atom is 0.227 e. The number of aryl methyl sites for hydroxylation is 1. The molecule has 0 aliphatic rings. The van der Waals surface area contributed by atoms with E-state index in [-0.39, 0.29) is 12.3 Å². The second-order valence-electron chi connectivity index (χ2n) is 4.95. The number of carbonyl (C=O) groups excluding carboxylic acids is 1. The van der Waals surface area contributed by atoms with Crippen molar-refractivity contribution in [3.05, 3.63) is 52.2 Å². The molecule has 0 fully saturated rings. The lowest BCUT2D eigenvalue weighted by molar-refractivity contribution is -0.116. The number of nitrogens with zero attached hydrogens (tertiary/aromatic N) is 2. The summed E-state index contributed by atoms with van der Waals surface area (Å²) in [6, 6.07) is 9.26. The number of thiophene rings is 1. The fraction of sp³-hybridized carbons (Fsp3) is 0.188. The molecule has 3 rings (SSSR count). The average Bonchev–Trinajstić information content (AvgIpc) is 3.20. The van der Waals surface area contributed by atoms with Crippen LogP contribution in [0, 0.1) is 6.92 Å². The van der Waals surface area contributed by atoms with Crippen LogP contribution in [-0.4, -0.2) is 16.0 Å². The zero-order chi connectivity index (χ0) is 16.2. The van der Waals surface area contributed by atoms with E-state index in [4.69, 9.17) is 16.1 Å². The Morgan fingerprint density at radius 3 is 3.00 bits per heavy atom. The third-order valence-corrected chi connectivity index (χ3v) is 4.59. The van der Waals surface area contributed by atoms with Gasteiger partial charge in [0.2, 0.25) is 17.6 Å². The Labute approximate surface area is 142 Å². The molecule has 0 aliphatic heterocycles. The smallest absolute Gasteiger partial charge is 0.227 e. The van der Waals surface area contributed by atoms with E-state index in [0.717, 1.165) is 10.4 Å². The Morgan fingerprint density at radius 2 is 2.22 bits per heavy atom. The fourth-order valence-electron chi connectivity index (χ4n) is 2.04. The van der Waals surface area contributed by atoms with Crippen molar-refractivity contribution in [3.8, 4) is 10.7 Å². The van der Waals surface area contributed by atoms with E-state index in [2.05, 4.69) is 15.5 Å². The van der Waals surface area contributed by atoms with Crippen molar-refractivity contribution >= 4 is 34.5 Å². The van der Waals surface area contributed by atoms with Crippen molar-refractivity contribution in [3.63, 3.8) is 0 Å². The van der Waals surface area contributed by atoms with Crippen molar-refractivity contribution in [2.45, 2.75) is 19.8 Å². The molecule has 0 bridgehead atoms. The molecule has 2 aromatic heterocycles. The van der Waals surface area contributed by atoms with Gasteiger partial charge in [-0.1, -0.05) is 28.9 Å². The Hall–Kier alpha value is -2.18. The molecule has 1 amide bonds. The standard InChI is InChI=1S/C16H14ClN3O2S/c1-10-11(17)4-2-5-12(10)18-14(21)7-8-15-19-16(20-22-15)13-6-3-9-23-13/h2-6,9H,7-8H2,1H3,(H,18,21). The van der Waals surface area contributed by atoms with Gasteiger partial charge in [-0.15, -0.1) is 11.3 Å². The Morgan fingerprint density at radius 1 is 1.35 bits per heavy atom. The third-order valence-electron chi connectivity index (χ3n) is 3.32. The third kappa shape index (κ3) is 3.78. The number of nitrogens with one attached hydrogen (secondary N) is 1. The van der Waals surface area contributed by atoms with E-state index >= 15 is 0 Å². The van der Waals surface area contributed by atoms with Crippen LogP contribution in [0.15, 0.2) is 40.2 Å². The first kappa shape index (κ1) is 15.7. The number of anilines is 1. The lowest BCUT2D eigenvalue weighted by Crippen LogP contribution is -2.13. The van der Waals surface area contributed by atoms with E-state index in [1.165, 1.54) is 0 Å². The molecule has 2 heterocycles. The Bertz CT molecular complexity index is 815. The highest BCUT2D eigenvalue weighted by molar-refractivity contribution is 7.13. The molecule has 0 saturated heterocycles. The minimum atomic E-state index is -0.119. The van der Waals surface area contributed by atoms with Gasteiger partial charge in [0.15, 0.2) is 0 Å². The maximum absolute atomic E-state index is 12.0. The van der Waals surface area contributed by atoms with Gasteiger partial charge in [-0.2, -0.15) is 4.98 Å². The summed E-state index contributed by atoms with van der Waals surface area (Å²) in [4.78, 5) is 17.3. The van der Waals surface area contributed by atoms with Crippen LogP contribution in [0.3, 0.4) is 0 Å². The van der Waals surface area contributed by atoms with Crippen LogP contribution in [-0.2, 0) is 11.2 Å². The van der Waals surface area contributed by atoms with Crippen LogP contribution in [0.5, 0.6) is 0 Å². The van der Waals surface area contributed by atoms with Crippen LogP contribution >= 0.6 is 22.9 Å². The first-order valence-corrected chi connectivity index (χ1v) is 8.30. The van der Waals surface area contributed by atoms with Crippen LogP contribution in [0.2, 0.25) is 5.02 Å². The van der Waals surface area contributed by atoms with Gasteiger partial charge in [-0.25, -0.2) is 0 Å². The topological polar surface area (TPSA) is 68.0 Å². The second kappa shape index (κ2) is 6.93. The Balaban J connectivity index is 1.58.